The molecule has 0 spiro atoms. The minimum Gasteiger partial charge on any atom is -0.367 e. The summed E-state index contributed by atoms with van der Waals surface area (Å²) in [5, 5.41) is 7.16. The molecule has 3 atom stereocenters. The third-order valence-electron chi connectivity index (χ3n) is 4.73. The average molecular weight is 277 g/mol. The van der Waals surface area contributed by atoms with E-state index in [1.807, 2.05) is 6.07 Å². The molecule has 2 fully saturated rings. The van der Waals surface area contributed by atoms with Gasteiger partial charge in [0.2, 0.25) is 5.95 Å². The summed E-state index contributed by atoms with van der Waals surface area (Å²) in [5.74, 6) is 0.921. The largest absolute Gasteiger partial charge is 0.367 e. The Labute approximate surface area is 120 Å². The van der Waals surface area contributed by atoms with Gasteiger partial charge in [0.1, 0.15) is 5.82 Å². The molecular weight excluding hydrogens is 253 g/mol. The molecule has 2 N–H and O–H groups in total. The number of hydrogen-bond donors (Lipinski definition) is 2. The fourth-order valence-corrected chi connectivity index (χ4v) is 3.74. The summed E-state index contributed by atoms with van der Waals surface area (Å²) in [6, 6.07) is 6.03. The van der Waals surface area contributed by atoms with Crippen LogP contribution in [0.3, 0.4) is 0 Å². The van der Waals surface area contributed by atoms with Crippen LogP contribution in [0.2, 0.25) is 0 Å². The monoisotopic (exact) mass is 277 g/mol. The standard InChI is InChI=1S/C16H24FN3/c17-15-9-5-10-16(20-15)19-14-8-2-1-6-12(14)13-7-3-4-11-18-13/h5,9-10,12-14,18H,1-4,6-8,11H2,(H,19,20). The number of halogens is 1. The number of piperidine rings is 1. The lowest BCUT2D eigenvalue weighted by atomic mass is 9.77. The van der Waals surface area contributed by atoms with E-state index in [9.17, 15) is 4.39 Å². The van der Waals surface area contributed by atoms with Crippen molar-refractivity contribution >= 4 is 5.82 Å². The number of anilines is 1. The molecule has 0 aromatic carbocycles. The minimum absolute atomic E-state index is 0.404. The summed E-state index contributed by atoms with van der Waals surface area (Å²) in [4.78, 5) is 3.95. The lowest BCUT2D eigenvalue weighted by Gasteiger charge is -2.40. The number of aromatic nitrogens is 1. The van der Waals surface area contributed by atoms with Gasteiger partial charge in [-0.05, 0) is 50.3 Å². The maximum atomic E-state index is 13.2. The third-order valence-corrected chi connectivity index (χ3v) is 4.73. The fraction of sp³-hybridized carbons (Fsp3) is 0.688. The van der Waals surface area contributed by atoms with Crippen molar-refractivity contribution in [3.05, 3.63) is 24.1 Å². The molecule has 4 heteroatoms. The van der Waals surface area contributed by atoms with Crippen LogP contribution in [0.25, 0.3) is 0 Å². The van der Waals surface area contributed by atoms with E-state index in [0.29, 0.717) is 23.8 Å². The van der Waals surface area contributed by atoms with Crippen molar-refractivity contribution in [1.29, 1.82) is 0 Å². The van der Waals surface area contributed by atoms with Crippen LogP contribution in [0.4, 0.5) is 10.2 Å². The van der Waals surface area contributed by atoms with Gasteiger partial charge < -0.3 is 10.6 Å². The molecule has 1 aromatic heterocycles. The highest BCUT2D eigenvalue weighted by atomic mass is 19.1. The Morgan fingerprint density at radius 1 is 1.10 bits per heavy atom. The highest BCUT2D eigenvalue weighted by molar-refractivity contribution is 5.35. The van der Waals surface area contributed by atoms with E-state index in [1.165, 1.54) is 51.0 Å². The fourth-order valence-electron chi connectivity index (χ4n) is 3.74. The van der Waals surface area contributed by atoms with Gasteiger partial charge >= 0.3 is 0 Å². The van der Waals surface area contributed by atoms with Crippen LogP contribution in [0.5, 0.6) is 0 Å². The molecule has 2 aliphatic rings. The molecule has 20 heavy (non-hydrogen) atoms. The molecule has 1 saturated carbocycles. The Balaban J connectivity index is 1.68. The van der Waals surface area contributed by atoms with Gasteiger partial charge in [-0.15, -0.1) is 0 Å². The summed E-state index contributed by atoms with van der Waals surface area (Å²) >= 11 is 0. The van der Waals surface area contributed by atoms with E-state index in [1.54, 1.807) is 6.07 Å². The zero-order valence-electron chi connectivity index (χ0n) is 11.9. The Morgan fingerprint density at radius 2 is 1.95 bits per heavy atom. The van der Waals surface area contributed by atoms with Crippen LogP contribution < -0.4 is 10.6 Å². The second-order valence-electron chi connectivity index (χ2n) is 6.10. The van der Waals surface area contributed by atoms with E-state index in [0.717, 1.165) is 6.54 Å². The highest BCUT2D eigenvalue weighted by Crippen LogP contribution is 2.32. The number of nitrogens with one attached hydrogen (secondary N) is 2. The van der Waals surface area contributed by atoms with Crippen LogP contribution in [-0.2, 0) is 0 Å². The summed E-state index contributed by atoms with van der Waals surface area (Å²) in [6.45, 7) is 1.14. The molecule has 3 nitrogen and oxygen atoms in total. The minimum atomic E-state index is -0.404. The van der Waals surface area contributed by atoms with Crippen LogP contribution in [0.15, 0.2) is 18.2 Å². The second-order valence-corrected chi connectivity index (χ2v) is 6.10. The van der Waals surface area contributed by atoms with E-state index in [2.05, 4.69) is 15.6 Å². The van der Waals surface area contributed by atoms with Crippen molar-refractivity contribution in [2.75, 3.05) is 11.9 Å². The molecule has 1 aliphatic carbocycles. The molecule has 1 aromatic rings. The molecule has 3 rings (SSSR count). The van der Waals surface area contributed by atoms with Crippen molar-refractivity contribution in [1.82, 2.24) is 10.3 Å². The van der Waals surface area contributed by atoms with E-state index < -0.39 is 5.95 Å². The van der Waals surface area contributed by atoms with Crippen molar-refractivity contribution < 1.29 is 4.39 Å². The average Bonchev–Trinajstić information content (AvgIpc) is 2.49. The summed E-state index contributed by atoms with van der Waals surface area (Å²) in [5.41, 5.74) is 0. The lowest BCUT2D eigenvalue weighted by Crippen LogP contribution is -2.48. The highest BCUT2D eigenvalue weighted by Gasteiger charge is 2.32. The maximum Gasteiger partial charge on any atom is 0.214 e. The first kappa shape index (κ1) is 13.8. The Hall–Kier alpha value is -1.16. The van der Waals surface area contributed by atoms with Gasteiger partial charge in [-0.2, -0.15) is 4.39 Å². The molecule has 2 heterocycles. The second kappa shape index (κ2) is 6.53. The van der Waals surface area contributed by atoms with Crippen molar-refractivity contribution in [2.45, 2.75) is 57.0 Å². The van der Waals surface area contributed by atoms with Crippen LogP contribution in [-0.4, -0.2) is 23.6 Å². The number of rotatable bonds is 3. The number of pyridine rings is 1. The van der Waals surface area contributed by atoms with Crippen LogP contribution in [0.1, 0.15) is 44.9 Å². The first-order chi connectivity index (χ1) is 9.83. The van der Waals surface area contributed by atoms with Crippen molar-refractivity contribution in [2.24, 2.45) is 5.92 Å². The van der Waals surface area contributed by atoms with Crippen molar-refractivity contribution in [3.8, 4) is 0 Å². The molecule has 110 valence electrons. The van der Waals surface area contributed by atoms with E-state index in [-0.39, 0.29) is 0 Å². The summed E-state index contributed by atoms with van der Waals surface area (Å²) in [7, 11) is 0. The number of nitrogens with zero attached hydrogens (tertiary/aromatic N) is 1. The summed E-state index contributed by atoms with van der Waals surface area (Å²) < 4.78 is 13.2. The molecule has 0 bridgehead atoms. The molecule has 1 saturated heterocycles. The topological polar surface area (TPSA) is 37.0 Å². The first-order valence-electron chi connectivity index (χ1n) is 7.95. The molecule has 0 radical (unpaired) electrons. The van der Waals surface area contributed by atoms with Crippen molar-refractivity contribution in [3.63, 3.8) is 0 Å². The van der Waals surface area contributed by atoms with Gasteiger partial charge in [-0.1, -0.05) is 25.3 Å². The third kappa shape index (κ3) is 3.29. The predicted molar refractivity (Wildman–Crippen MR) is 79.2 cm³/mol. The van der Waals surface area contributed by atoms with Crippen LogP contribution in [0, 0.1) is 11.9 Å². The lowest BCUT2D eigenvalue weighted by molar-refractivity contribution is 0.217. The normalized spacial score (nSPS) is 30.9. The van der Waals surface area contributed by atoms with Gasteiger partial charge in [0.25, 0.3) is 0 Å². The van der Waals surface area contributed by atoms with Gasteiger partial charge in [-0.25, -0.2) is 4.98 Å². The Morgan fingerprint density at radius 3 is 2.75 bits per heavy atom. The molecule has 0 amide bonds. The van der Waals surface area contributed by atoms with Gasteiger partial charge in [0.15, 0.2) is 0 Å². The van der Waals surface area contributed by atoms with E-state index >= 15 is 0 Å². The predicted octanol–water partition coefficient (Wildman–Crippen LogP) is 3.33. The first-order valence-corrected chi connectivity index (χ1v) is 7.95. The zero-order valence-corrected chi connectivity index (χ0v) is 11.9. The van der Waals surface area contributed by atoms with Gasteiger partial charge in [0.05, 0.1) is 0 Å². The Kier molecular flexibility index (Phi) is 4.51. The maximum absolute atomic E-state index is 13.2. The SMILES string of the molecule is Fc1cccc(NC2CCCCC2C2CCCCN2)n1. The summed E-state index contributed by atoms with van der Waals surface area (Å²) in [6.07, 6.45) is 8.92. The molecular formula is C16H24FN3. The quantitative estimate of drug-likeness (QED) is 0.832. The molecule has 1 aliphatic heterocycles. The van der Waals surface area contributed by atoms with Crippen LogP contribution >= 0.6 is 0 Å². The Bertz CT molecular complexity index is 431. The zero-order chi connectivity index (χ0) is 13.8. The van der Waals surface area contributed by atoms with E-state index in [4.69, 9.17) is 0 Å². The smallest absolute Gasteiger partial charge is 0.214 e. The van der Waals surface area contributed by atoms with Gasteiger partial charge in [0, 0.05) is 12.1 Å². The molecule has 3 unspecified atom stereocenters. The number of hydrogen-bond acceptors (Lipinski definition) is 3. The van der Waals surface area contributed by atoms with Gasteiger partial charge in [-0.3, -0.25) is 0 Å².